The van der Waals surface area contributed by atoms with Crippen LogP contribution in [0, 0.1) is 5.92 Å². The van der Waals surface area contributed by atoms with E-state index in [4.69, 9.17) is 4.42 Å². The molecule has 19 heavy (non-hydrogen) atoms. The van der Waals surface area contributed by atoms with E-state index in [0.717, 1.165) is 31.6 Å². The smallest absolute Gasteiger partial charge is 0.236 e. The summed E-state index contributed by atoms with van der Waals surface area (Å²) in [7, 11) is 0. The van der Waals surface area contributed by atoms with Gasteiger partial charge in [-0.1, -0.05) is 13.8 Å². The minimum absolute atomic E-state index is 0.0734. The number of furan rings is 1. The van der Waals surface area contributed by atoms with Crippen molar-refractivity contribution in [2.75, 3.05) is 6.54 Å². The molecule has 0 saturated heterocycles. The minimum Gasteiger partial charge on any atom is -0.469 e. The summed E-state index contributed by atoms with van der Waals surface area (Å²) < 4.78 is 5.47. The third-order valence-electron chi connectivity index (χ3n) is 3.58. The van der Waals surface area contributed by atoms with Crippen LogP contribution in [0.5, 0.6) is 0 Å². The number of fused-ring (bicyclic) bond motifs is 1. The molecule has 2 rings (SSSR count). The summed E-state index contributed by atoms with van der Waals surface area (Å²) in [5.74, 6) is 1.62. The normalized spacial score (nSPS) is 20.1. The first-order chi connectivity index (χ1) is 9.08. The second-order valence-corrected chi connectivity index (χ2v) is 5.77. The molecule has 0 saturated carbocycles. The Balaban J connectivity index is 1.90. The Hall–Kier alpha value is -1.29. The van der Waals surface area contributed by atoms with Crippen LogP contribution in [-0.2, 0) is 11.2 Å². The van der Waals surface area contributed by atoms with Crippen LogP contribution in [0.1, 0.15) is 51.0 Å². The van der Waals surface area contributed by atoms with Crippen LogP contribution >= 0.6 is 0 Å². The molecule has 4 nitrogen and oxygen atoms in total. The average Bonchev–Trinajstić information content (AvgIpc) is 2.85. The predicted octanol–water partition coefficient (Wildman–Crippen LogP) is 2.41. The summed E-state index contributed by atoms with van der Waals surface area (Å²) in [5.41, 5.74) is 1.22. The Morgan fingerprint density at radius 1 is 1.47 bits per heavy atom. The number of hydrogen-bond donors (Lipinski definition) is 2. The molecular weight excluding hydrogens is 240 g/mol. The minimum atomic E-state index is -0.176. The second-order valence-electron chi connectivity index (χ2n) is 5.77. The summed E-state index contributed by atoms with van der Waals surface area (Å²) in [4.78, 5) is 12.0. The number of carbonyl (C=O) groups is 1. The Kier molecular flexibility index (Phi) is 4.64. The molecule has 1 amide bonds. The molecular formula is C15H24N2O2. The van der Waals surface area contributed by atoms with Crippen molar-refractivity contribution in [2.24, 2.45) is 5.92 Å². The van der Waals surface area contributed by atoms with Crippen molar-refractivity contribution in [1.29, 1.82) is 0 Å². The Morgan fingerprint density at radius 2 is 2.26 bits per heavy atom. The van der Waals surface area contributed by atoms with Gasteiger partial charge in [-0.25, -0.2) is 0 Å². The maximum Gasteiger partial charge on any atom is 0.236 e. The molecule has 1 aliphatic rings. The maximum absolute atomic E-state index is 12.0. The van der Waals surface area contributed by atoms with Gasteiger partial charge < -0.3 is 9.73 Å². The van der Waals surface area contributed by atoms with Gasteiger partial charge in [0, 0.05) is 24.6 Å². The Bertz CT molecular complexity index is 426. The van der Waals surface area contributed by atoms with Crippen molar-refractivity contribution in [2.45, 2.75) is 52.1 Å². The largest absolute Gasteiger partial charge is 0.469 e. The molecule has 0 fully saturated rings. The highest BCUT2D eigenvalue weighted by Gasteiger charge is 2.25. The first-order valence-corrected chi connectivity index (χ1v) is 7.18. The number of rotatable bonds is 5. The standard InChI is InChI=1S/C15H24N2O2/c1-10(2)9-16-15(18)11(3)17-13-5-4-6-14-12(13)7-8-19-14/h7-8,10-11,13,17H,4-6,9H2,1-3H3,(H,16,18). The van der Waals surface area contributed by atoms with Crippen molar-refractivity contribution in [3.05, 3.63) is 23.7 Å². The third-order valence-corrected chi connectivity index (χ3v) is 3.58. The Labute approximate surface area is 114 Å². The fourth-order valence-electron chi connectivity index (χ4n) is 2.49. The van der Waals surface area contributed by atoms with Crippen LogP contribution < -0.4 is 10.6 Å². The van der Waals surface area contributed by atoms with Gasteiger partial charge in [0.15, 0.2) is 0 Å². The summed E-state index contributed by atoms with van der Waals surface area (Å²) in [5, 5.41) is 6.38. The zero-order valence-corrected chi connectivity index (χ0v) is 12.0. The highest BCUT2D eigenvalue weighted by atomic mass is 16.3. The molecule has 1 heterocycles. The molecule has 2 N–H and O–H groups in total. The average molecular weight is 264 g/mol. The van der Waals surface area contributed by atoms with Crippen LogP contribution in [0.25, 0.3) is 0 Å². The summed E-state index contributed by atoms with van der Waals surface area (Å²) in [6.45, 7) is 6.84. The Morgan fingerprint density at radius 3 is 3.00 bits per heavy atom. The molecule has 1 aliphatic carbocycles. The van der Waals surface area contributed by atoms with Crippen LogP contribution in [-0.4, -0.2) is 18.5 Å². The van der Waals surface area contributed by atoms with Crippen LogP contribution in [0.3, 0.4) is 0 Å². The van der Waals surface area contributed by atoms with E-state index in [0.29, 0.717) is 5.92 Å². The quantitative estimate of drug-likeness (QED) is 0.858. The molecule has 1 aromatic rings. The monoisotopic (exact) mass is 264 g/mol. The fourth-order valence-corrected chi connectivity index (χ4v) is 2.49. The number of aryl methyl sites for hydroxylation is 1. The fraction of sp³-hybridized carbons (Fsp3) is 0.667. The molecule has 0 radical (unpaired) electrons. The van der Waals surface area contributed by atoms with Crippen molar-refractivity contribution < 1.29 is 9.21 Å². The topological polar surface area (TPSA) is 54.3 Å². The highest BCUT2D eigenvalue weighted by Crippen LogP contribution is 2.30. The van der Waals surface area contributed by atoms with Crippen LogP contribution in [0.2, 0.25) is 0 Å². The lowest BCUT2D eigenvalue weighted by Crippen LogP contribution is -2.45. The van der Waals surface area contributed by atoms with Gasteiger partial charge in [-0.05, 0) is 31.7 Å². The maximum atomic E-state index is 12.0. The van der Waals surface area contributed by atoms with E-state index >= 15 is 0 Å². The first-order valence-electron chi connectivity index (χ1n) is 7.18. The van der Waals surface area contributed by atoms with Crippen molar-refractivity contribution in [3.8, 4) is 0 Å². The molecule has 0 spiro atoms. The van der Waals surface area contributed by atoms with Crippen LogP contribution in [0.4, 0.5) is 0 Å². The lowest BCUT2D eigenvalue weighted by Gasteiger charge is -2.26. The second kappa shape index (κ2) is 6.24. The van der Waals surface area contributed by atoms with E-state index in [1.165, 1.54) is 5.56 Å². The van der Waals surface area contributed by atoms with E-state index in [9.17, 15) is 4.79 Å². The number of carbonyl (C=O) groups excluding carboxylic acids is 1. The molecule has 0 aromatic carbocycles. The highest BCUT2D eigenvalue weighted by molar-refractivity contribution is 5.81. The lowest BCUT2D eigenvalue weighted by molar-refractivity contribution is -0.123. The van der Waals surface area contributed by atoms with Gasteiger partial charge in [0.05, 0.1) is 12.3 Å². The molecule has 1 aromatic heterocycles. The molecule has 4 heteroatoms. The predicted molar refractivity (Wildman–Crippen MR) is 74.8 cm³/mol. The summed E-state index contributed by atoms with van der Waals surface area (Å²) >= 11 is 0. The number of amides is 1. The van der Waals surface area contributed by atoms with E-state index in [1.54, 1.807) is 6.26 Å². The van der Waals surface area contributed by atoms with Gasteiger partial charge in [-0.15, -0.1) is 0 Å². The summed E-state index contributed by atoms with van der Waals surface area (Å²) in [6, 6.07) is 2.08. The van der Waals surface area contributed by atoms with Gasteiger partial charge in [0.1, 0.15) is 5.76 Å². The van der Waals surface area contributed by atoms with Gasteiger partial charge in [0.25, 0.3) is 0 Å². The SMILES string of the molecule is CC(C)CNC(=O)C(C)NC1CCCc2occc21. The zero-order valence-electron chi connectivity index (χ0n) is 12.0. The van der Waals surface area contributed by atoms with Crippen molar-refractivity contribution in [1.82, 2.24) is 10.6 Å². The van der Waals surface area contributed by atoms with Gasteiger partial charge in [-0.2, -0.15) is 0 Å². The number of nitrogens with one attached hydrogen (secondary N) is 2. The van der Waals surface area contributed by atoms with E-state index < -0.39 is 0 Å². The van der Waals surface area contributed by atoms with Gasteiger partial charge >= 0.3 is 0 Å². The molecule has 2 atom stereocenters. The number of hydrogen-bond acceptors (Lipinski definition) is 3. The van der Waals surface area contributed by atoms with Crippen molar-refractivity contribution in [3.63, 3.8) is 0 Å². The van der Waals surface area contributed by atoms with Gasteiger partial charge in [-0.3, -0.25) is 10.1 Å². The molecule has 106 valence electrons. The van der Waals surface area contributed by atoms with E-state index in [1.807, 2.05) is 13.0 Å². The summed E-state index contributed by atoms with van der Waals surface area (Å²) in [6.07, 6.45) is 4.93. The molecule has 0 bridgehead atoms. The van der Waals surface area contributed by atoms with Crippen molar-refractivity contribution >= 4 is 5.91 Å². The molecule has 2 unspecified atom stereocenters. The van der Waals surface area contributed by atoms with E-state index in [-0.39, 0.29) is 18.0 Å². The molecule has 0 aliphatic heterocycles. The van der Waals surface area contributed by atoms with Gasteiger partial charge in [0.2, 0.25) is 5.91 Å². The third kappa shape index (κ3) is 3.60. The first kappa shape index (κ1) is 14.1. The van der Waals surface area contributed by atoms with E-state index in [2.05, 4.69) is 24.5 Å². The zero-order chi connectivity index (χ0) is 13.8. The van der Waals surface area contributed by atoms with Crippen LogP contribution in [0.15, 0.2) is 16.7 Å². The lowest BCUT2D eigenvalue weighted by atomic mass is 9.93.